The van der Waals surface area contributed by atoms with Gasteiger partial charge in [-0.05, 0) is 89.1 Å². The van der Waals surface area contributed by atoms with Crippen LogP contribution in [0.25, 0.3) is 11.1 Å². The number of hydrogen-bond acceptors (Lipinski definition) is 5. The lowest BCUT2D eigenvalue weighted by atomic mass is 9.83. The van der Waals surface area contributed by atoms with E-state index in [4.69, 9.17) is 9.47 Å². The van der Waals surface area contributed by atoms with Crippen molar-refractivity contribution in [1.29, 1.82) is 0 Å². The fourth-order valence-electron chi connectivity index (χ4n) is 4.80. The first-order chi connectivity index (χ1) is 19.1. The van der Waals surface area contributed by atoms with Gasteiger partial charge in [-0.2, -0.15) is 0 Å². The standard InChI is InChI=1S/C31H35FO5.C2H6O/c1-31(2,19-33)17-23-13-20(7-11-26(23)28-15-24(36-3)10-12-29(28)32)18-37-25-6-4-5-22(14-25)27(16-30(34)35)21-8-9-21;1-3-2/h4-7,10-15,21,27,33H,8-9,16-19H2,1-3H3,(H,34,35);1-2H3. The van der Waals surface area contributed by atoms with Crippen LogP contribution in [0.3, 0.4) is 0 Å². The summed E-state index contributed by atoms with van der Waals surface area (Å²) >= 11 is 0. The van der Waals surface area contributed by atoms with E-state index in [2.05, 4.69) is 4.74 Å². The fraction of sp³-hybridized carbons (Fsp3) is 0.424. The Hall–Kier alpha value is -3.42. The molecule has 1 aliphatic rings. The van der Waals surface area contributed by atoms with E-state index in [-0.39, 0.29) is 30.2 Å². The summed E-state index contributed by atoms with van der Waals surface area (Å²) < 4.78 is 30.5. The van der Waals surface area contributed by atoms with Crippen molar-refractivity contribution in [2.24, 2.45) is 11.3 Å². The van der Waals surface area contributed by atoms with E-state index in [0.717, 1.165) is 35.1 Å². The average molecular weight is 553 g/mol. The van der Waals surface area contributed by atoms with E-state index in [0.29, 0.717) is 36.0 Å². The van der Waals surface area contributed by atoms with Crippen molar-refractivity contribution in [2.45, 2.75) is 52.1 Å². The molecular formula is C33H41FO6. The van der Waals surface area contributed by atoms with Crippen molar-refractivity contribution in [3.05, 3.63) is 83.2 Å². The molecular weight excluding hydrogens is 511 g/mol. The number of methoxy groups -OCH3 is 2. The van der Waals surface area contributed by atoms with Crippen LogP contribution in [0.4, 0.5) is 4.39 Å². The average Bonchev–Trinajstić information content (AvgIpc) is 3.77. The lowest BCUT2D eigenvalue weighted by Gasteiger charge is -2.24. The van der Waals surface area contributed by atoms with Gasteiger partial charge in [0.15, 0.2) is 0 Å². The summed E-state index contributed by atoms with van der Waals surface area (Å²) in [6.45, 7) is 4.25. The van der Waals surface area contributed by atoms with Gasteiger partial charge in [-0.15, -0.1) is 0 Å². The fourth-order valence-corrected chi connectivity index (χ4v) is 4.80. The SMILES string of the molecule is COC.COc1ccc(F)c(-c2ccc(COc3cccc(C(CC(=O)O)C4CC4)c3)cc2CC(C)(C)CO)c1. The number of rotatable bonds is 12. The molecule has 40 heavy (non-hydrogen) atoms. The number of carboxylic acids is 1. The Labute approximate surface area is 236 Å². The first kappa shape index (κ1) is 31.1. The minimum Gasteiger partial charge on any atom is -0.497 e. The van der Waals surface area contributed by atoms with Crippen LogP contribution in [0.1, 0.15) is 55.7 Å². The van der Waals surface area contributed by atoms with E-state index in [1.807, 2.05) is 56.3 Å². The number of carboxylic acid groups (broad SMARTS) is 1. The van der Waals surface area contributed by atoms with E-state index < -0.39 is 5.97 Å². The van der Waals surface area contributed by atoms with Gasteiger partial charge in [0.05, 0.1) is 13.5 Å². The summed E-state index contributed by atoms with van der Waals surface area (Å²) in [7, 11) is 4.80. The molecule has 2 N–H and O–H groups in total. The highest BCUT2D eigenvalue weighted by molar-refractivity contribution is 5.70. The third-order valence-corrected chi connectivity index (χ3v) is 7.01. The third kappa shape index (κ3) is 8.80. The summed E-state index contributed by atoms with van der Waals surface area (Å²) in [6, 6.07) is 18.2. The molecule has 0 aliphatic heterocycles. The van der Waals surface area contributed by atoms with Crippen molar-refractivity contribution >= 4 is 5.97 Å². The van der Waals surface area contributed by atoms with Crippen LogP contribution in [-0.2, 0) is 22.6 Å². The predicted molar refractivity (Wildman–Crippen MR) is 154 cm³/mol. The van der Waals surface area contributed by atoms with Crippen molar-refractivity contribution < 1.29 is 33.6 Å². The lowest BCUT2D eigenvalue weighted by Crippen LogP contribution is -2.20. The largest absolute Gasteiger partial charge is 0.497 e. The van der Waals surface area contributed by atoms with Crippen LogP contribution in [0.2, 0.25) is 0 Å². The second-order valence-electron chi connectivity index (χ2n) is 11.1. The zero-order valence-electron chi connectivity index (χ0n) is 24.1. The van der Waals surface area contributed by atoms with Gasteiger partial charge in [-0.3, -0.25) is 4.79 Å². The minimum absolute atomic E-state index is 0.000936. The number of carbonyl (C=O) groups is 1. The molecule has 1 fully saturated rings. The molecule has 1 atom stereocenters. The molecule has 4 rings (SSSR count). The number of benzene rings is 3. The molecule has 0 aromatic heterocycles. The predicted octanol–water partition coefficient (Wildman–Crippen LogP) is 6.87. The molecule has 216 valence electrons. The molecule has 1 unspecified atom stereocenters. The Morgan fingerprint density at radius 2 is 1.73 bits per heavy atom. The highest BCUT2D eigenvalue weighted by Crippen LogP contribution is 2.45. The number of hydrogen-bond donors (Lipinski definition) is 2. The van der Waals surface area contributed by atoms with Crippen LogP contribution in [-0.4, -0.2) is 44.1 Å². The number of ether oxygens (including phenoxy) is 3. The number of halogens is 1. The summed E-state index contributed by atoms with van der Waals surface area (Å²) in [4.78, 5) is 11.4. The first-order valence-corrected chi connectivity index (χ1v) is 13.5. The van der Waals surface area contributed by atoms with Crippen molar-refractivity contribution in [3.63, 3.8) is 0 Å². The van der Waals surface area contributed by atoms with Crippen LogP contribution in [0.5, 0.6) is 11.5 Å². The molecule has 0 heterocycles. The zero-order chi connectivity index (χ0) is 29.3. The maximum absolute atomic E-state index is 14.8. The lowest BCUT2D eigenvalue weighted by molar-refractivity contribution is -0.137. The molecule has 0 bridgehead atoms. The summed E-state index contributed by atoms with van der Waals surface area (Å²) in [5, 5.41) is 19.2. The molecule has 7 heteroatoms. The van der Waals surface area contributed by atoms with Gasteiger partial charge in [0, 0.05) is 26.4 Å². The first-order valence-electron chi connectivity index (χ1n) is 13.5. The Morgan fingerprint density at radius 1 is 1.00 bits per heavy atom. The Kier molecular flexibility index (Phi) is 11.1. The Balaban J connectivity index is 0.00000141. The topological polar surface area (TPSA) is 85.2 Å². The molecule has 0 saturated heterocycles. The maximum Gasteiger partial charge on any atom is 0.303 e. The smallest absolute Gasteiger partial charge is 0.303 e. The van der Waals surface area contributed by atoms with E-state index in [1.54, 1.807) is 33.5 Å². The van der Waals surface area contributed by atoms with Crippen LogP contribution in [0.15, 0.2) is 60.7 Å². The monoisotopic (exact) mass is 552 g/mol. The summed E-state index contributed by atoms with van der Waals surface area (Å²) in [5.41, 5.74) is 3.65. The van der Waals surface area contributed by atoms with Gasteiger partial charge in [0.25, 0.3) is 0 Å². The van der Waals surface area contributed by atoms with Crippen LogP contribution >= 0.6 is 0 Å². The quantitative estimate of drug-likeness (QED) is 0.255. The highest BCUT2D eigenvalue weighted by Gasteiger charge is 2.33. The summed E-state index contributed by atoms with van der Waals surface area (Å²) in [6.07, 6.45) is 2.81. The maximum atomic E-state index is 14.8. The normalized spacial score (nSPS) is 13.7. The van der Waals surface area contributed by atoms with Gasteiger partial charge in [-0.1, -0.05) is 44.2 Å². The van der Waals surface area contributed by atoms with Crippen molar-refractivity contribution in [1.82, 2.24) is 0 Å². The van der Waals surface area contributed by atoms with Crippen LogP contribution in [0, 0.1) is 17.2 Å². The Bertz CT molecular complexity index is 1270. The molecule has 6 nitrogen and oxygen atoms in total. The van der Waals surface area contributed by atoms with E-state index in [1.165, 1.54) is 6.07 Å². The second kappa shape index (κ2) is 14.3. The molecule has 0 amide bonds. The van der Waals surface area contributed by atoms with Gasteiger partial charge in [0.1, 0.15) is 23.9 Å². The number of aliphatic hydroxyl groups excluding tert-OH is 1. The minimum atomic E-state index is -0.783. The Morgan fingerprint density at radius 3 is 2.35 bits per heavy atom. The highest BCUT2D eigenvalue weighted by atomic mass is 19.1. The van der Waals surface area contributed by atoms with Crippen molar-refractivity contribution in [2.75, 3.05) is 27.9 Å². The van der Waals surface area contributed by atoms with Gasteiger partial charge in [0.2, 0.25) is 0 Å². The van der Waals surface area contributed by atoms with Gasteiger partial charge >= 0.3 is 5.97 Å². The van der Waals surface area contributed by atoms with E-state index in [9.17, 15) is 19.4 Å². The second-order valence-corrected chi connectivity index (χ2v) is 11.1. The third-order valence-electron chi connectivity index (χ3n) is 7.01. The number of aliphatic carboxylic acids is 1. The molecule has 0 spiro atoms. The van der Waals surface area contributed by atoms with Crippen molar-refractivity contribution in [3.8, 4) is 22.6 Å². The molecule has 1 saturated carbocycles. The summed E-state index contributed by atoms with van der Waals surface area (Å²) in [5.74, 6) is 0.571. The molecule has 1 aliphatic carbocycles. The van der Waals surface area contributed by atoms with Gasteiger partial charge < -0.3 is 24.4 Å². The molecule has 3 aromatic carbocycles. The van der Waals surface area contributed by atoms with Crippen LogP contribution < -0.4 is 9.47 Å². The van der Waals surface area contributed by atoms with Gasteiger partial charge in [-0.25, -0.2) is 4.39 Å². The molecule has 0 radical (unpaired) electrons. The molecule has 3 aromatic rings. The number of aliphatic hydroxyl groups is 1. The van der Waals surface area contributed by atoms with E-state index >= 15 is 0 Å². The zero-order valence-corrected chi connectivity index (χ0v) is 24.1.